The summed E-state index contributed by atoms with van der Waals surface area (Å²) in [7, 11) is 0. The van der Waals surface area contributed by atoms with Gasteiger partial charge in [0, 0.05) is 38.2 Å². The fourth-order valence-electron chi connectivity index (χ4n) is 7.29. The quantitative estimate of drug-likeness (QED) is 0.514. The summed E-state index contributed by atoms with van der Waals surface area (Å²) in [5, 5.41) is 2.33. The maximum absolute atomic E-state index is 14.8. The highest BCUT2D eigenvalue weighted by atomic mass is 19.1. The second kappa shape index (κ2) is 11.6. The summed E-state index contributed by atoms with van der Waals surface area (Å²) in [6.07, 6.45) is 3.90. The average Bonchev–Trinajstić information content (AvgIpc) is 3.23. The van der Waals surface area contributed by atoms with Gasteiger partial charge in [0.25, 0.3) is 5.91 Å². The molecule has 0 aromatic heterocycles. The highest BCUT2D eigenvalue weighted by molar-refractivity contribution is 6.05. The molecule has 4 heterocycles. The SMILES string of the molecule is CC(C)(C)OC(=O)N1CCC(C(C)(C)CN2CCC(c3cc(F)cc4c3CN(C3CCC(=O)NC3=O)C4=O)CC2)CC1. The van der Waals surface area contributed by atoms with Crippen LogP contribution in [-0.2, 0) is 20.9 Å². The summed E-state index contributed by atoms with van der Waals surface area (Å²) in [6, 6.07) is 2.15. The van der Waals surface area contributed by atoms with E-state index in [2.05, 4.69) is 24.1 Å². The number of likely N-dealkylation sites (tertiary alicyclic amines) is 2. The maximum Gasteiger partial charge on any atom is 0.410 e. The Bertz CT molecular complexity index is 1240. The first-order valence-electron chi connectivity index (χ1n) is 15.4. The number of carbonyl (C=O) groups is 4. The molecule has 4 amide bonds. The number of hydrogen-bond donors (Lipinski definition) is 1. The van der Waals surface area contributed by atoms with Gasteiger partial charge in [-0.25, -0.2) is 9.18 Å². The first-order valence-corrected chi connectivity index (χ1v) is 15.4. The van der Waals surface area contributed by atoms with Crippen LogP contribution in [0.5, 0.6) is 0 Å². The molecule has 1 N–H and O–H groups in total. The number of piperidine rings is 3. The summed E-state index contributed by atoms with van der Waals surface area (Å²) < 4.78 is 20.3. The first kappa shape index (κ1) is 30.4. The molecule has 1 aromatic carbocycles. The third kappa shape index (κ3) is 6.48. The van der Waals surface area contributed by atoms with Crippen molar-refractivity contribution in [2.24, 2.45) is 11.3 Å². The van der Waals surface area contributed by atoms with E-state index in [0.29, 0.717) is 24.6 Å². The second-order valence-electron chi connectivity index (χ2n) is 14.2. The largest absolute Gasteiger partial charge is 0.444 e. The molecular formula is C32H45FN4O5. The van der Waals surface area contributed by atoms with E-state index in [1.807, 2.05) is 25.7 Å². The molecule has 10 heteroatoms. The van der Waals surface area contributed by atoms with Gasteiger partial charge >= 0.3 is 6.09 Å². The summed E-state index contributed by atoms with van der Waals surface area (Å²) in [6.45, 7) is 14.7. The molecule has 1 atom stereocenters. The highest BCUT2D eigenvalue weighted by Crippen LogP contribution is 2.40. The van der Waals surface area contributed by atoms with E-state index in [-0.39, 0.29) is 48.6 Å². The van der Waals surface area contributed by atoms with Gasteiger partial charge in [0.15, 0.2) is 0 Å². The van der Waals surface area contributed by atoms with Crippen LogP contribution in [0.1, 0.15) is 101 Å². The number of fused-ring (bicyclic) bond motifs is 1. The predicted molar refractivity (Wildman–Crippen MR) is 155 cm³/mol. The third-order valence-corrected chi connectivity index (χ3v) is 9.57. The molecule has 0 aliphatic carbocycles. The standard InChI is InChI=1S/C32H45FN4O5/c1-31(2,3)42-30(41)36-14-10-21(11-15-36)32(4,5)19-35-12-8-20(9-13-35)23-16-22(33)17-24-25(23)18-37(29(24)40)26-6-7-27(38)34-28(26)39/h16-17,20-21,26H,6-15,18-19H2,1-5H3,(H,34,38,39). The van der Waals surface area contributed by atoms with Crippen molar-refractivity contribution in [2.75, 3.05) is 32.7 Å². The van der Waals surface area contributed by atoms with Crippen LogP contribution in [0.15, 0.2) is 12.1 Å². The van der Waals surface area contributed by atoms with Gasteiger partial charge in [0.2, 0.25) is 11.8 Å². The van der Waals surface area contributed by atoms with Crippen LogP contribution in [0.4, 0.5) is 9.18 Å². The highest BCUT2D eigenvalue weighted by Gasteiger charge is 2.42. The monoisotopic (exact) mass is 584 g/mol. The van der Waals surface area contributed by atoms with E-state index in [1.54, 1.807) is 6.07 Å². The number of carbonyl (C=O) groups excluding carboxylic acids is 4. The normalized spacial score (nSPS) is 23.3. The lowest BCUT2D eigenvalue weighted by Gasteiger charge is -2.44. The minimum absolute atomic E-state index is 0.0852. The van der Waals surface area contributed by atoms with Gasteiger partial charge in [0.05, 0.1) is 0 Å². The molecule has 1 aromatic rings. The zero-order valence-electron chi connectivity index (χ0n) is 25.6. The lowest BCUT2D eigenvalue weighted by molar-refractivity contribution is -0.136. The van der Waals surface area contributed by atoms with Crippen LogP contribution >= 0.6 is 0 Å². The number of ether oxygens (including phenoxy) is 1. The Morgan fingerprint density at radius 2 is 1.64 bits per heavy atom. The second-order valence-corrected chi connectivity index (χ2v) is 14.2. The van der Waals surface area contributed by atoms with Gasteiger partial charge in [-0.15, -0.1) is 0 Å². The van der Waals surface area contributed by atoms with Gasteiger partial charge in [0.1, 0.15) is 17.5 Å². The molecule has 4 aliphatic heterocycles. The number of benzene rings is 1. The Morgan fingerprint density at radius 1 is 0.976 bits per heavy atom. The van der Waals surface area contributed by atoms with Gasteiger partial charge in [-0.05, 0) is 106 Å². The molecule has 5 rings (SSSR count). The Kier molecular flexibility index (Phi) is 8.40. The van der Waals surface area contributed by atoms with E-state index in [1.165, 1.54) is 11.0 Å². The van der Waals surface area contributed by atoms with Gasteiger partial charge < -0.3 is 19.4 Å². The van der Waals surface area contributed by atoms with E-state index in [4.69, 9.17) is 4.74 Å². The number of hydrogen-bond acceptors (Lipinski definition) is 6. The molecule has 0 bridgehead atoms. The smallest absolute Gasteiger partial charge is 0.410 e. The first-order chi connectivity index (χ1) is 19.7. The maximum atomic E-state index is 14.8. The van der Waals surface area contributed by atoms with Crippen molar-refractivity contribution in [3.63, 3.8) is 0 Å². The molecule has 3 fully saturated rings. The van der Waals surface area contributed by atoms with Crippen molar-refractivity contribution >= 4 is 23.8 Å². The summed E-state index contributed by atoms with van der Waals surface area (Å²) in [5.41, 5.74) is 1.63. The van der Waals surface area contributed by atoms with Crippen LogP contribution in [0.25, 0.3) is 0 Å². The molecule has 9 nitrogen and oxygen atoms in total. The van der Waals surface area contributed by atoms with Crippen molar-refractivity contribution in [2.45, 2.75) is 97.2 Å². The fraction of sp³-hybridized carbons (Fsp3) is 0.688. The fourth-order valence-corrected chi connectivity index (χ4v) is 7.29. The summed E-state index contributed by atoms with van der Waals surface area (Å²) in [5.74, 6) is -0.903. The lowest BCUT2D eigenvalue weighted by atomic mass is 9.73. The molecule has 4 aliphatic rings. The molecular weight excluding hydrogens is 539 g/mol. The average molecular weight is 585 g/mol. The number of nitrogens with zero attached hydrogens (tertiary/aromatic N) is 3. The number of rotatable bonds is 5. The number of nitrogens with one attached hydrogen (secondary N) is 1. The van der Waals surface area contributed by atoms with E-state index >= 15 is 0 Å². The Morgan fingerprint density at radius 3 is 2.26 bits per heavy atom. The van der Waals surface area contributed by atoms with Crippen molar-refractivity contribution < 1.29 is 28.3 Å². The molecule has 230 valence electrons. The predicted octanol–water partition coefficient (Wildman–Crippen LogP) is 4.44. The van der Waals surface area contributed by atoms with Crippen molar-refractivity contribution in [3.05, 3.63) is 34.6 Å². The minimum atomic E-state index is -0.710. The number of amides is 4. The topological polar surface area (TPSA) is 99.3 Å². The van der Waals surface area contributed by atoms with Gasteiger partial charge in [-0.1, -0.05) is 13.8 Å². The van der Waals surface area contributed by atoms with Crippen LogP contribution in [-0.4, -0.2) is 82.9 Å². The Hall–Kier alpha value is -3.01. The Labute approximate surface area is 248 Å². The zero-order chi connectivity index (χ0) is 30.4. The summed E-state index contributed by atoms with van der Waals surface area (Å²) >= 11 is 0. The van der Waals surface area contributed by atoms with Crippen LogP contribution in [0, 0.1) is 17.2 Å². The van der Waals surface area contributed by atoms with Crippen LogP contribution < -0.4 is 5.32 Å². The van der Waals surface area contributed by atoms with Crippen LogP contribution in [0.3, 0.4) is 0 Å². The number of imide groups is 1. The van der Waals surface area contributed by atoms with E-state index in [9.17, 15) is 23.6 Å². The molecule has 1 unspecified atom stereocenters. The minimum Gasteiger partial charge on any atom is -0.444 e. The Balaban J connectivity index is 1.18. The molecule has 0 spiro atoms. The zero-order valence-corrected chi connectivity index (χ0v) is 25.6. The van der Waals surface area contributed by atoms with Crippen molar-refractivity contribution in [1.82, 2.24) is 20.0 Å². The van der Waals surface area contributed by atoms with Crippen molar-refractivity contribution in [3.8, 4) is 0 Å². The van der Waals surface area contributed by atoms with E-state index in [0.717, 1.165) is 56.4 Å². The number of halogens is 1. The van der Waals surface area contributed by atoms with Crippen molar-refractivity contribution in [1.29, 1.82) is 0 Å². The molecule has 42 heavy (non-hydrogen) atoms. The molecule has 0 radical (unpaired) electrons. The summed E-state index contributed by atoms with van der Waals surface area (Å²) in [4.78, 5) is 55.6. The van der Waals surface area contributed by atoms with E-state index < -0.39 is 23.4 Å². The third-order valence-electron chi connectivity index (χ3n) is 9.57. The van der Waals surface area contributed by atoms with Gasteiger partial charge in [-0.2, -0.15) is 0 Å². The lowest BCUT2D eigenvalue weighted by Crippen LogP contribution is -2.52. The molecule has 0 saturated carbocycles. The molecule has 3 saturated heterocycles. The van der Waals surface area contributed by atoms with Gasteiger partial charge in [-0.3, -0.25) is 19.7 Å². The van der Waals surface area contributed by atoms with Crippen LogP contribution in [0.2, 0.25) is 0 Å².